The molecule has 8 heteroatoms. The van der Waals surface area contributed by atoms with Gasteiger partial charge in [0.25, 0.3) is 5.91 Å². The number of nitrogens with zero attached hydrogens (tertiary/aromatic N) is 1. The molecular formula is C20H22N2O5S. The van der Waals surface area contributed by atoms with Gasteiger partial charge in [-0.3, -0.25) is 9.59 Å². The molecule has 0 spiro atoms. The standard InChI is InChI=1S/C20H22N2O5S/c21-18(23)15-27-19(24)20(16-7-3-1-4-8-16)11-13-22(14-12-20)28(25,26)17-9-5-2-6-10-17/h1-10H,11-15H2,(H2,21,23). The third-order valence-electron chi connectivity index (χ3n) is 5.02. The Kier molecular flexibility index (Phi) is 5.81. The Morgan fingerprint density at radius 1 is 0.964 bits per heavy atom. The van der Waals surface area contributed by atoms with Crippen molar-refractivity contribution >= 4 is 21.9 Å². The van der Waals surface area contributed by atoms with Crippen LogP contribution in [-0.2, 0) is 29.8 Å². The number of hydrogen-bond donors (Lipinski definition) is 1. The van der Waals surface area contributed by atoms with Gasteiger partial charge in [0, 0.05) is 13.1 Å². The molecule has 1 fully saturated rings. The molecule has 0 saturated carbocycles. The number of rotatable bonds is 6. The van der Waals surface area contributed by atoms with Gasteiger partial charge in [-0.2, -0.15) is 4.31 Å². The highest BCUT2D eigenvalue weighted by molar-refractivity contribution is 7.89. The molecule has 148 valence electrons. The third-order valence-corrected chi connectivity index (χ3v) is 6.93. The average molecular weight is 402 g/mol. The van der Waals surface area contributed by atoms with Gasteiger partial charge in [0.2, 0.25) is 10.0 Å². The van der Waals surface area contributed by atoms with Crippen molar-refractivity contribution in [2.45, 2.75) is 23.2 Å². The summed E-state index contributed by atoms with van der Waals surface area (Å²) in [5.74, 6) is -1.30. The Bertz CT molecular complexity index is 937. The SMILES string of the molecule is NC(=O)COC(=O)C1(c2ccccc2)CCN(S(=O)(=O)c2ccccc2)CC1. The monoisotopic (exact) mass is 402 g/mol. The number of primary amides is 1. The number of carbonyl (C=O) groups is 2. The van der Waals surface area contributed by atoms with Gasteiger partial charge in [-0.1, -0.05) is 48.5 Å². The molecule has 0 aliphatic carbocycles. The van der Waals surface area contributed by atoms with Gasteiger partial charge < -0.3 is 10.5 Å². The van der Waals surface area contributed by atoms with Crippen LogP contribution >= 0.6 is 0 Å². The Morgan fingerprint density at radius 3 is 2.04 bits per heavy atom. The Labute approximate surface area is 164 Å². The smallest absolute Gasteiger partial charge is 0.317 e. The quantitative estimate of drug-likeness (QED) is 0.736. The molecule has 1 saturated heterocycles. The summed E-state index contributed by atoms with van der Waals surface area (Å²) in [6.45, 7) is -0.172. The molecular weight excluding hydrogens is 380 g/mol. The maximum atomic E-state index is 12.9. The van der Waals surface area contributed by atoms with Crippen LogP contribution in [0.1, 0.15) is 18.4 Å². The van der Waals surface area contributed by atoms with Crippen LogP contribution in [0.3, 0.4) is 0 Å². The number of ether oxygens (including phenoxy) is 1. The summed E-state index contributed by atoms with van der Waals surface area (Å²) in [7, 11) is -3.64. The molecule has 0 radical (unpaired) electrons. The number of amides is 1. The van der Waals surface area contributed by atoms with E-state index in [2.05, 4.69) is 0 Å². The number of hydrogen-bond acceptors (Lipinski definition) is 5. The fourth-order valence-corrected chi connectivity index (χ4v) is 4.95. The molecule has 7 nitrogen and oxygen atoms in total. The number of esters is 1. The first-order chi connectivity index (χ1) is 13.4. The van der Waals surface area contributed by atoms with Crippen molar-refractivity contribution in [1.82, 2.24) is 4.31 Å². The number of nitrogens with two attached hydrogens (primary N) is 1. The highest BCUT2D eigenvalue weighted by Crippen LogP contribution is 2.38. The first kappa shape index (κ1) is 20.0. The van der Waals surface area contributed by atoms with Gasteiger partial charge in [-0.15, -0.1) is 0 Å². The highest BCUT2D eigenvalue weighted by Gasteiger charge is 2.46. The average Bonchev–Trinajstić information content (AvgIpc) is 2.73. The lowest BCUT2D eigenvalue weighted by Crippen LogP contribution is -2.50. The van der Waals surface area contributed by atoms with E-state index >= 15 is 0 Å². The molecule has 28 heavy (non-hydrogen) atoms. The zero-order chi connectivity index (χ0) is 20.2. The summed E-state index contributed by atoms with van der Waals surface area (Å²) < 4.78 is 32.2. The summed E-state index contributed by atoms with van der Waals surface area (Å²) in [5.41, 5.74) is 4.81. The second-order valence-corrected chi connectivity index (χ2v) is 8.65. The lowest BCUT2D eigenvalue weighted by Gasteiger charge is -2.39. The van der Waals surface area contributed by atoms with Crippen molar-refractivity contribution in [3.8, 4) is 0 Å². The van der Waals surface area contributed by atoms with E-state index in [1.165, 1.54) is 4.31 Å². The predicted octanol–water partition coefficient (Wildman–Crippen LogP) is 1.44. The molecule has 2 aromatic rings. The van der Waals surface area contributed by atoms with Gasteiger partial charge >= 0.3 is 5.97 Å². The topological polar surface area (TPSA) is 107 Å². The van der Waals surface area contributed by atoms with E-state index in [-0.39, 0.29) is 30.8 Å². The normalized spacial score (nSPS) is 17.0. The van der Waals surface area contributed by atoms with Crippen molar-refractivity contribution in [2.75, 3.05) is 19.7 Å². The minimum Gasteiger partial charge on any atom is -0.455 e. The Balaban J connectivity index is 1.85. The van der Waals surface area contributed by atoms with E-state index in [4.69, 9.17) is 10.5 Å². The molecule has 0 unspecified atom stereocenters. The lowest BCUT2D eigenvalue weighted by molar-refractivity contribution is -0.155. The van der Waals surface area contributed by atoms with E-state index in [9.17, 15) is 18.0 Å². The molecule has 0 aromatic heterocycles. The van der Waals surface area contributed by atoms with Crippen molar-refractivity contribution in [1.29, 1.82) is 0 Å². The zero-order valence-corrected chi connectivity index (χ0v) is 16.1. The highest BCUT2D eigenvalue weighted by atomic mass is 32.2. The largest absolute Gasteiger partial charge is 0.455 e. The van der Waals surface area contributed by atoms with Crippen molar-refractivity contribution in [2.24, 2.45) is 5.73 Å². The minimum atomic E-state index is -3.64. The first-order valence-electron chi connectivity index (χ1n) is 8.92. The Morgan fingerprint density at radius 2 is 1.50 bits per heavy atom. The molecule has 0 atom stereocenters. The van der Waals surface area contributed by atoms with E-state index < -0.39 is 33.9 Å². The van der Waals surface area contributed by atoms with Crippen LogP contribution in [0.25, 0.3) is 0 Å². The van der Waals surface area contributed by atoms with Crippen molar-refractivity contribution in [3.05, 3.63) is 66.2 Å². The van der Waals surface area contributed by atoms with E-state index in [1.54, 1.807) is 30.3 Å². The predicted molar refractivity (Wildman–Crippen MR) is 103 cm³/mol. The molecule has 0 bridgehead atoms. The van der Waals surface area contributed by atoms with Crippen LogP contribution in [0, 0.1) is 0 Å². The molecule has 1 aliphatic rings. The maximum absolute atomic E-state index is 12.9. The van der Waals surface area contributed by atoms with E-state index in [0.29, 0.717) is 0 Å². The number of benzene rings is 2. The van der Waals surface area contributed by atoms with Crippen LogP contribution in [0.5, 0.6) is 0 Å². The summed E-state index contributed by atoms with van der Waals surface area (Å²) in [4.78, 5) is 24.1. The fourth-order valence-electron chi connectivity index (χ4n) is 3.49. The number of sulfonamides is 1. The second-order valence-electron chi connectivity index (χ2n) is 6.71. The van der Waals surface area contributed by atoms with Crippen LogP contribution in [-0.4, -0.2) is 44.3 Å². The van der Waals surface area contributed by atoms with Crippen LogP contribution < -0.4 is 5.73 Å². The van der Waals surface area contributed by atoms with Gasteiger partial charge in [-0.05, 0) is 30.5 Å². The van der Waals surface area contributed by atoms with Gasteiger partial charge in [-0.25, -0.2) is 8.42 Å². The molecule has 1 amide bonds. The van der Waals surface area contributed by atoms with Crippen LogP contribution in [0.15, 0.2) is 65.6 Å². The fraction of sp³-hybridized carbons (Fsp3) is 0.300. The Hall–Kier alpha value is -2.71. The van der Waals surface area contributed by atoms with Crippen LogP contribution in [0.4, 0.5) is 0 Å². The van der Waals surface area contributed by atoms with Gasteiger partial charge in [0.15, 0.2) is 6.61 Å². The maximum Gasteiger partial charge on any atom is 0.317 e. The minimum absolute atomic E-state index is 0.164. The van der Waals surface area contributed by atoms with Gasteiger partial charge in [0.05, 0.1) is 10.3 Å². The molecule has 1 aliphatic heterocycles. The lowest BCUT2D eigenvalue weighted by atomic mass is 9.73. The zero-order valence-electron chi connectivity index (χ0n) is 15.3. The molecule has 3 rings (SSSR count). The second kappa shape index (κ2) is 8.12. The summed E-state index contributed by atoms with van der Waals surface area (Å²) in [5, 5.41) is 0. The molecule has 2 N–H and O–H groups in total. The van der Waals surface area contributed by atoms with E-state index in [1.807, 2.05) is 30.3 Å². The first-order valence-corrected chi connectivity index (χ1v) is 10.4. The number of carbonyl (C=O) groups excluding carboxylic acids is 2. The molecule has 2 aromatic carbocycles. The summed E-state index contributed by atoms with van der Waals surface area (Å²) >= 11 is 0. The van der Waals surface area contributed by atoms with Crippen molar-refractivity contribution in [3.63, 3.8) is 0 Å². The number of piperidine rings is 1. The van der Waals surface area contributed by atoms with Crippen LogP contribution in [0.2, 0.25) is 0 Å². The van der Waals surface area contributed by atoms with E-state index in [0.717, 1.165) is 5.56 Å². The van der Waals surface area contributed by atoms with Gasteiger partial charge in [0.1, 0.15) is 0 Å². The third kappa shape index (κ3) is 3.93. The van der Waals surface area contributed by atoms with Crippen molar-refractivity contribution < 1.29 is 22.7 Å². The summed E-state index contributed by atoms with van der Waals surface area (Å²) in [6.07, 6.45) is 0.501. The summed E-state index contributed by atoms with van der Waals surface area (Å²) in [6, 6.07) is 17.3. The molecule has 1 heterocycles.